The van der Waals surface area contributed by atoms with Crippen LogP contribution in [0.3, 0.4) is 0 Å². The summed E-state index contributed by atoms with van der Waals surface area (Å²) in [7, 11) is 0. The average molecular weight is 298 g/mol. The smallest absolute Gasteiger partial charge is 0.287 e. The summed E-state index contributed by atoms with van der Waals surface area (Å²) in [6.45, 7) is 6.07. The normalized spacial score (nSPS) is 23.1. The van der Waals surface area contributed by atoms with E-state index in [4.69, 9.17) is 11.6 Å². The van der Waals surface area contributed by atoms with Crippen LogP contribution >= 0.6 is 11.6 Å². The number of nitrogens with one attached hydrogen (secondary N) is 1. The Hall–Kier alpha value is -1.03. The summed E-state index contributed by atoms with van der Waals surface area (Å²) in [5.74, 6) is 0.660. The molecule has 0 amide bonds. The van der Waals surface area contributed by atoms with E-state index in [1.54, 1.807) is 6.20 Å². The van der Waals surface area contributed by atoms with Gasteiger partial charge in [0.15, 0.2) is 0 Å². The SMILES string of the molecule is CCC1CCCCC1Nc1cnn(C(C)C)c(=O)c1Cl. The topological polar surface area (TPSA) is 46.9 Å². The minimum absolute atomic E-state index is 0.0205. The van der Waals surface area contributed by atoms with E-state index in [9.17, 15) is 4.79 Å². The molecule has 2 atom stereocenters. The van der Waals surface area contributed by atoms with Crippen molar-refractivity contribution >= 4 is 17.3 Å². The van der Waals surface area contributed by atoms with Crippen LogP contribution in [0.15, 0.2) is 11.0 Å². The highest BCUT2D eigenvalue weighted by Gasteiger charge is 2.24. The maximum Gasteiger partial charge on any atom is 0.287 e. The molecule has 0 spiro atoms. The molecule has 0 radical (unpaired) electrons. The minimum Gasteiger partial charge on any atom is -0.379 e. The number of rotatable bonds is 4. The molecule has 1 N–H and O–H groups in total. The van der Waals surface area contributed by atoms with E-state index in [1.807, 2.05) is 13.8 Å². The molecule has 0 saturated heterocycles. The molecule has 1 aromatic heterocycles. The zero-order chi connectivity index (χ0) is 14.7. The molecule has 1 saturated carbocycles. The fourth-order valence-electron chi connectivity index (χ4n) is 3.00. The molecular weight excluding hydrogens is 274 g/mol. The second-order valence-electron chi connectivity index (χ2n) is 5.92. The first-order valence-electron chi connectivity index (χ1n) is 7.58. The largest absolute Gasteiger partial charge is 0.379 e. The molecule has 4 nitrogen and oxygen atoms in total. The molecule has 2 unspecified atom stereocenters. The summed E-state index contributed by atoms with van der Waals surface area (Å²) in [5, 5.41) is 7.92. The summed E-state index contributed by atoms with van der Waals surface area (Å²) < 4.78 is 1.42. The van der Waals surface area contributed by atoms with Crippen molar-refractivity contribution < 1.29 is 0 Å². The molecule has 5 heteroatoms. The predicted octanol–water partition coefficient (Wildman–Crippen LogP) is 3.86. The van der Waals surface area contributed by atoms with E-state index < -0.39 is 0 Å². The minimum atomic E-state index is -0.212. The van der Waals surface area contributed by atoms with E-state index in [0.717, 1.165) is 12.8 Å². The molecule has 0 aromatic carbocycles. The molecule has 0 aliphatic heterocycles. The van der Waals surface area contributed by atoms with Crippen LogP contribution in [0, 0.1) is 5.92 Å². The van der Waals surface area contributed by atoms with Crippen molar-refractivity contribution in [3.05, 3.63) is 21.6 Å². The highest BCUT2D eigenvalue weighted by atomic mass is 35.5. The van der Waals surface area contributed by atoms with Crippen molar-refractivity contribution in [3.8, 4) is 0 Å². The third kappa shape index (κ3) is 3.17. The Bertz CT molecular complexity index is 512. The highest BCUT2D eigenvalue weighted by molar-refractivity contribution is 6.32. The zero-order valence-corrected chi connectivity index (χ0v) is 13.3. The van der Waals surface area contributed by atoms with E-state index in [1.165, 1.54) is 23.9 Å². The van der Waals surface area contributed by atoms with Crippen LogP contribution in [0.1, 0.15) is 58.9 Å². The molecule has 1 fully saturated rings. The first-order valence-corrected chi connectivity index (χ1v) is 7.96. The van der Waals surface area contributed by atoms with Crippen LogP contribution in [-0.2, 0) is 0 Å². The molecule has 20 heavy (non-hydrogen) atoms. The number of anilines is 1. The van der Waals surface area contributed by atoms with Crippen molar-refractivity contribution in [2.75, 3.05) is 5.32 Å². The van der Waals surface area contributed by atoms with Crippen molar-refractivity contribution in [2.45, 2.75) is 65.0 Å². The summed E-state index contributed by atoms with van der Waals surface area (Å²) in [6, 6.07) is 0.425. The maximum atomic E-state index is 12.2. The third-order valence-electron chi connectivity index (χ3n) is 4.21. The maximum absolute atomic E-state index is 12.2. The van der Waals surface area contributed by atoms with Crippen molar-refractivity contribution in [2.24, 2.45) is 5.92 Å². The van der Waals surface area contributed by atoms with Gasteiger partial charge in [-0.15, -0.1) is 0 Å². The predicted molar refractivity (Wildman–Crippen MR) is 83.6 cm³/mol. The Morgan fingerprint density at radius 3 is 2.80 bits per heavy atom. The van der Waals surface area contributed by atoms with Crippen LogP contribution < -0.4 is 10.9 Å². The monoisotopic (exact) mass is 297 g/mol. The van der Waals surface area contributed by atoms with Gasteiger partial charge in [-0.05, 0) is 32.6 Å². The lowest BCUT2D eigenvalue weighted by Crippen LogP contribution is -2.33. The standard InChI is InChI=1S/C15H24ClN3O/c1-4-11-7-5-6-8-12(11)18-13-9-17-19(10(2)3)15(20)14(13)16/h9-12,18H,4-8H2,1-3H3. The molecule has 2 rings (SSSR count). The Morgan fingerprint density at radius 2 is 2.15 bits per heavy atom. The molecule has 112 valence electrons. The quantitative estimate of drug-likeness (QED) is 0.918. The molecule has 0 bridgehead atoms. The summed E-state index contributed by atoms with van der Waals surface area (Å²) >= 11 is 6.22. The van der Waals surface area contributed by atoms with Gasteiger partial charge in [0.2, 0.25) is 0 Å². The first kappa shape index (κ1) is 15.4. The van der Waals surface area contributed by atoms with Gasteiger partial charge >= 0.3 is 0 Å². The van der Waals surface area contributed by atoms with Crippen LogP contribution in [0.4, 0.5) is 5.69 Å². The summed E-state index contributed by atoms with van der Waals surface area (Å²) in [6.07, 6.45) is 7.78. The van der Waals surface area contributed by atoms with Crippen LogP contribution in [0.2, 0.25) is 5.02 Å². The molecular formula is C15H24ClN3O. The van der Waals surface area contributed by atoms with Crippen LogP contribution in [-0.4, -0.2) is 15.8 Å². The lowest BCUT2D eigenvalue weighted by atomic mass is 9.83. The van der Waals surface area contributed by atoms with Gasteiger partial charge in [-0.3, -0.25) is 4.79 Å². The van der Waals surface area contributed by atoms with E-state index >= 15 is 0 Å². The van der Waals surface area contributed by atoms with E-state index in [-0.39, 0.29) is 16.6 Å². The molecule has 1 aliphatic rings. The first-order chi connectivity index (χ1) is 9.54. The fourth-order valence-corrected chi connectivity index (χ4v) is 3.19. The number of hydrogen-bond donors (Lipinski definition) is 1. The van der Waals surface area contributed by atoms with Crippen LogP contribution in [0.5, 0.6) is 0 Å². The summed E-state index contributed by atoms with van der Waals surface area (Å²) in [4.78, 5) is 12.2. The van der Waals surface area contributed by atoms with E-state index in [2.05, 4.69) is 17.3 Å². The third-order valence-corrected chi connectivity index (χ3v) is 4.57. The number of nitrogens with zero attached hydrogens (tertiary/aromatic N) is 2. The van der Waals surface area contributed by atoms with Gasteiger partial charge in [-0.2, -0.15) is 5.10 Å². The van der Waals surface area contributed by atoms with Gasteiger partial charge in [0.25, 0.3) is 5.56 Å². The second-order valence-corrected chi connectivity index (χ2v) is 6.30. The average Bonchev–Trinajstić information content (AvgIpc) is 2.44. The Kier molecular flexibility index (Phi) is 5.08. The van der Waals surface area contributed by atoms with E-state index in [0.29, 0.717) is 17.6 Å². The number of hydrogen-bond acceptors (Lipinski definition) is 3. The van der Waals surface area contributed by atoms with Gasteiger partial charge in [0.05, 0.1) is 17.9 Å². The Morgan fingerprint density at radius 1 is 1.45 bits per heavy atom. The lowest BCUT2D eigenvalue weighted by molar-refractivity contribution is 0.317. The molecule has 1 aliphatic carbocycles. The Labute approximate surface area is 125 Å². The van der Waals surface area contributed by atoms with Crippen molar-refractivity contribution in [3.63, 3.8) is 0 Å². The van der Waals surface area contributed by atoms with Gasteiger partial charge in [0.1, 0.15) is 5.02 Å². The highest BCUT2D eigenvalue weighted by Crippen LogP contribution is 2.30. The van der Waals surface area contributed by atoms with Gasteiger partial charge in [0, 0.05) is 6.04 Å². The van der Waals surface area contributed by atoms with Crippen molar-refractivity contribution in [1.29, 1.82) is 0 Å². The number of halogens is 1. The summed E-state index contributed by atoms with van der Waals surface area (Å²) in [5.41, 5.74) is 0.467. The lowest BCUT2D eigenvalue weighted by Gasteiger charge is -2.32. The van der Waals surface area contributed by atoms with Crippen LogP contribution in [0.25, 0.3) is 0 Å². The number of aromatic nitrogens is 2. The molecule has 1 heterocycles. The van der Waals surface area contributed by atoms with Gasteiger partial charge in [-0.1, -0.05) is 37.8 Å². The fraction of sp³-hybridized carbons (Fsp3) is 0.733. The zero-order valence-electron chi connectivity index (χ0n) is 12.5. The van der Waals surface area contributed by atoms with Gasteiger partial charge < -0.3 is 5.32 Å². The van der Waals surface area contributed by atoms with Gasteiger partial charge in [-0.25, -0.2) is 4.68 Å². The van der Waals surface area contributed by atoms with Crippen molar-refractivity contribution in [1.82, 2.24) is 9.78 Å². The Balaban J connectivity index is 2.21. The second kappa shape index (κ2) is 6.61. The molecule has 1 aromatic rings.